The molecule has 0 aliphatic carbocycles. The monoisotopic (exact) mass is 333 g/mol. The van der Waals surface area contributed by atoms with Crippen molar-refractivity contribution in [3.8, 4) is 0 Å². The minimum atomic E-state index is -0.600. The number of rotatable bonds is 11. The first-order valence-corrected chi connectivity index (χ1v) is 7.60. The third-order valence-electron chi connectivity index (χ3n) is 2.68. The fourth-order valence-electron chi connectivity index (χ4n) is 1.46. The topological polar surface area (TPSA) is 115 Å². The van der Waals surface area contributed by atoms with E-state index in [2.05, 4.69) is 16.0 Å². The van der Waals surface area contributed by atoms with Crippen LogP contribution in [0.2, 0.25) is 0 Å². The molecule has 0 bridgehead atoms. The molecular weight excluding hydrogens is 306 g/mol. The maximum Gasteiger partial charge on any atom is 0.406 e. The Morgan fingerprint density at radius 2 is 1.57 bits per heavy atom. The Bertz CT molecular complexity index is 344. The molecule has 0 aliphatic heterocycles. The third kappa shape index (κ3) is 12.2. The first-order chi connectivity index (χ1) is 11.0. The van der Waals surface area contributed by atoms with Gasteiger partial charge in [-0.3, -0.25) is 4.79 Å². The van der Waals surface area contributed by atoms with Crippen molar-refractivity contribution in [2.75, 3.05) is 40.5 Å². The fourth-order valence-corrected chi connectivity index (χ4v) is 1.46. The quantitative estimate of drug-likeness (QED) is 0.471. The van der Waals surface area contributed by atoms with Crippen LogP contribution < -0.4 is 16.0 Å². The lowest BCUT2D eigenvalue weighted by molar-refractivity contribution is -0.121. The highest BCUT2D eigenvalue weighted by atomic mass is 16.6. The summed E-state index contributed by atoms with van der Waals surface area (Å²) in [5.41, 5.74) is 0. The van der Waals surface area contributed by atoms with Crippen molar-refractivity contribution < 1.29 is 28.6 Å². The van der Waals surface area contributed by atoms with Crippen LogP contribution in [0.25, 0.3) is 0 Å². The SMILES string of the molecule is CCCNC(=O)CCCOC(COC(=O)NC)COC(=O)NC. The molecule has 0 unspecified atom stereocenters. The van der Waals surface area contributed by atoms with E-state index in [1.165, 1.54) is 14.1 Å². The van der Waals surface area contributed by atoms with Crippen LogP contribution in [-0.4, -0.2) is 64.7 Å². The van der Waals surface area contributed by atoms with E-state index in [-0.39, 0.29) is 19.1 Å². The molecule has 0 saturated carbocycles. The van der Waals surface area contributed by atoms with Crippen LogP contribution in [0.1, 0.15) is 26.2 Å². The normalized spacial score (nSPS) is 10.1. The molecule has 0 aliphatic rings. The van der Waals surface area contributed by atoms with E-state index in [0.29, 0.717) is 26.0 Å². The highest BCUT2D eigenvalue weighted by Gasteiger charge is 2.15. The largest absolute Gasteiger partial charge is 0.447 e. The molecule has 134 valence electrons. The number of carbonyl (C=O) groups excluding carboxylic acids is 3. The highest BCUT2D eigenvalue weighted by molar-refractivity contribution is 5.75. The second-order valence-electron chi connectivity index (χ2n) is 4.64. The summed E-state index contributed by atoms with van der Waals surface area (Å²) < 4.78 is 15.3. The van der Waals surface area contributed by atoms with Crippen LogP contribution in [-0.2, 0) is 19.0 Å². The lowest BCUT2D eigenvalue weighted by Crippen LogP contribution is -2.33. The van der Waals surface area contributed by atoms with Gasteiger partial charge in [0.05, 0.1) is 0 Å². The molecule has 0 radical (unpaired) electrons. The molecular formula is C14H27N3O6. The fraction of sp³-hybridized carbons (Fsp3) is 0.786. The smallest absolute Gasteiger partial charge is 0.406 e. The third-order valence-corrected chi connectivity index (χ3v) is 2.68. The molecule has 0 rings (SSSR count). The van der Waals surface area contributed by atoms with Gasteiger partial charge in [-0.25, -0.2) is 9.59 Å². The predicted molar refractivity (Wildman–Crippen MR) is 83.1 cm³/mol. The minimum absolute atomic E-state index is 0.0322. The van der Waals surface area contributed by atoms with Gasteiger partial charge in [-0.1, -0.05) is 6.92 Å². The lowest BCUT2D eigenvalue weighted by atomic mass is 10.3. The molecule has 3 N–H and O–H groups in total. The van der Waals surface area contributed by atoms with E-state index in [1.54, 1.807) is 0 Å². The minimum Gasteiger partial charge on any atom is -0.447 e. The van der Waals surface area contributed by atoms with Crippen LogP contribution in [0.5, 0.6) is 0 Å². The molecule has 9 nitrogen and oxygen atoms in total. The van der Waals surface area contributed by atoms with Gasteiger partial charge in [0.2, 0.25) is 5.91 Å². The van der Waals surface area contributed by atoms with Crippen molar-refractivity contribution in [1.82, 2.24) is 16.0 Å². The zero-order valence-corrected chi connectivity index (χ0v) is 14.0. The number of hydrogen-bond donors (Lipinski definition) is 3. The molecule has 0 spiro atoms. The van der Waals surface area contributed by atoms with Gasteiger partial charge in [0.25, 0.3) is 0 Å². The van der Waals surface area contributed by atoms with Gasteiger partial charge < -0.3 is 30.2 Å². The Kier molecular flexibility index (Phi) is 12.4. The van der Waals surface area contributed by atoms with Gasteiger partial charge in [0.15, 0.2) is 0 Å². The van der Waals surface area contributed by atoms with Crippen LogP contribution in [0.15, 0.2) is 0 Å². The molecule has 0 aromatic heterocycles. The Labute approximate surface area is 136 Å². The van der Waals surface area contributed by atoms with E-state index in [0.717, 1.165) is 6.42 Å². The van der Waals surface area contributed by atoms with Gasteiger partial charge in [-0.15, -0.1) is 0 Å². The van der Waals surface area contributed by atoms with Gasteiger partial charge >= 0.3 is 12.2 Å². The summed E-state index contributed by atoms with van der Waals surface area (Å²) in [6.07, 6.45) is -0.0400. The van der Waals surface area contributed by atoms with Gasteiger partial charge in [-0.05, 0) is 12.8 Å². The summed E-state index contributed by atoms with van der Waals surface area (Å²) in [7, 11) is 2.88. The van der Waals surface area contributed by atoms with Crippen LogP contribution in [0, 0.1) is 0 Å². The maximum absolute atomic E-state index is 11.4. The molecule has 3 amide bonds. The molecule has 0 aromatic carbocycles. The number of ether oxygens (including phenoxy) is 3. The van der Waals surface area contributed by atoms with Gasteiger partial charge in [-0.2, -0.15) is 0 Å². The average Bonchev–Trinajstić information content (AvgIpc) is 2.57. The Hall–Kier alpha value is -2.03. The second-order valence-corrected chi connectivity index (χ2v) is 4.64. The number of alkyl carbamates (subject to hydrolysis) is 2. The number of nitrogens with one attached hydrogen (secondary N) is 3. The molecule has 0 aromatic rings. The summed E-state index contributed by atoms with van der Waals surface area (Å²) in [4.78, 5) is 33.6. The standard InChI is InChI=1S/C14H27N3O6/c1-4-7-17-12(18)6-5-8-21-11(9-22-13(19)15-2)10-23-14(20)16-3/h11H,4-10H2,1-3H3,(H,15,19)(H,16,20)(H,17,18). The van der Waals surface area contributed by atoms with E-state index in [9.17, 15) is 14.4 Å². The lowest BCUT2D eigenvalue weighted by Gasteiger charge is -2.17. The van der Waals surface area contributed by atoms with Crippen molar-refractivity contribution in [3.05, 3.63) is 0 Å². The predicted octanol–water partition coefficient (Wildman–Crippen LogP) is 0.390. The Morgan fingerprint density at radius 3 is 2.04 bits per heavy atom. The van der Waals surface area contributed by atoms with Crippen LogP contribution >= 0.6 is 0 Å². The Morgan fingerprint density at radius 1 is 1.00 bits per heavy atom. The highest BCUT2D eigenvalue weighted by Crippen LogP contribution is 2.00. The van der Waals surface area contributed by atoms with Crippen molar-refractivity contribution in [1.29, 1.82) is 0 Å². The first-order valence-electron chi connectivity index (χ1n) is 7.60. The van der Waals surface area contributed by atoms with Crippen molar-refractivity contribution >= 4 is 18.1 Å². The summed E-state index contributed by atoms with van der Waals surface area (Å²) in [5, 5.41) is 7.38. The molecule has 9 heteroatoms. The average molecular weight is 333 g/mol. The molecule has 23 heavy (non-hydrogen) atoms. The molecule has 0 atom stereocenters. The zero-order valence-electron chi connectivity index (χ0n) is 14.0. The molecule has 0 fully saturated rings. The summed E-state index contributed by atoms with van der Waals surface area (Å²) in [6, 6.07) is 0. The summed E-state index contributed by atoms with van der Waals surface area (Å²) in [6.45, 7) is 2.81. The van der Waals surface area contributed by atoms with E-state index in [4.69, 9.17) is 14.2 Å². The van der Waals surface area contributed by atoms with Crippen molar-refractivity contribution in [2.24, 2.45) is 0 Å². The maximum atomic E-state index is 11.4. The van der Waals surface area contributed by atoms with Crippen molar-refractivity contribution in [2.45, 2.75) is 32.3 Å². The second kappa shape index (κ2) is 13.6. The van der Waals surface area contributed by atoms with Crippen LogP contribution in [0.4, 0.5) is 9.59 Å². The van der Waals surface area contributed by atoms with Crippen molar-refractivity contribution in [3.63, 3.8) is 0 Å². The van der Waals surface area contributed by atoms with E-state index < -0.39 is 18.3 Å². The molecule has 0 saturated heterocycles. The zero-order chi connectivity index (χ0) is 17.5. The number of amides is 3. The van der Waals surface area contributed by atoms with E-state index >= 15 is 0 Å². The number of hydrogen-bond acceptors (Lipinski definition) is 6. The first kappa shape index (κ1) is 21.0. The Balaban J connectivity index is 4.05. The van der Waals surface area contributed by atoms with Crippen LogP contribution in [0.3, 0.4) is 0 Å². The van der Waals surface area contributed by atoms with E-state index in [1.807, 2.05) is 6.92 Å². The van der Waals surface area contributed by atoms with Gasteiger partial charge in [0, 0.05) is 33.7 Å². The summed E-state index contributed by atoms with van der Waals surface area (Å²) in [5.74, 6) is -0.0322. The number of carbonyl (C=O) groups is 3. The molecule has 0 heterocycles. The van der Waals surface area contributed by atoms with Gasteiger partial charge in [0.1, 0.15) is 19.3 Å². The summed E-state index contributed by atoms with van der Waals surface area (Å²) >= 11 is 0.